The molecule has 0 radical (unpaired) electrons. The Kier molecular flexibility index (Phi) is 3.15. The van der Waals surface area contributed by atoms with Gasteiger partial charge >= 0.3 is 0 Å². The van der Waals surface area contributed by atoms with Crippen LogP contribution in [0.25, 0.3) is 0 Å². The van der Waals surface area contributed by atoms with Gasteiger partial charge in [-0.25, -0.2) is 0 Å². The van der Waals surface area contributed by atoms with Crippen molar-refractivity contribution < 1.29 is 0 Å². The third-order valence-electron chi connectivity index (χ3n) is 1.55. The molecule has 0 atom stereocenters. The molecule has 0 spiro atoms. The number of nitrogens with two attached hydrogens (primary N) is 1. The van der Waals surface area contributed by atoms with Crippen molar-refractivity contribution in [2.45, 2.75) is 33.2 Å². The van der Waals surface area contributed by atoms with Gasteiger partial charge in [0.2, 0.25) is 0 Å². The van der Waals surface area contributed by atoms with Crippen LogP contribution in [0.3, 0.4) is 0 Å². The molecule has 0 bridgehead atoms. The fraction of sp³-hybridized carbons (Fsp3) is 1.00. The second-order valence-corrected chi connectivity index (χ2v) is 3.21. The highest BCUT2D eigenvalue weighted by Crippen LogP contribution is 2.09. The van der Waals surface area contributed by atoms with Gasteiger partial charge in [-0.15, -0.1) is 0 Å². The lowest BCUT2D eigenvalue weighted by atomic mass is 10.1. The maximum absolute atomic E-state index is 5.50. The Morgan fingerprint density at radius 1 is 1.33 bits per heavy atom. The molecule has 0 aliphatic carbocycles. The van der Waals surface area contributed by atoms with E-state index in [1.54, 1.807) is 0 Å². The molecule has 9 heavy (non-hydrogen) atoms. The number of hydrogen-bond acceptors (Lipinski definition) is 2. The van der Waals surface area contributed by atoms with Crippen molar-refractivity contribution in [1.82, 2.24) is 4.90 Å². The molecule has 0 aromatic heterocycles. The van der Waals surface area contributed by atoms with Gasteiger partial charge in [0, 0.05) is 12.2 Å². The number of nitrogens with zero attached hydrogens (tertiary/aromatic N) is 1. The van der Waals surface area contributed by atoms with E-state index in [2.05, 4.69) is 32.6 Å². The van der Waals surface area contributed by atoms with Crippen LogP contribution in [-0.4, -0.2) is 23.7 Å². The van der Waals surface area contributed by atoms with Gasteiger partial charge < -0.3 is 5.73 Å². The topological polar surface area (TPSA) is 29.3 Å². The average Bonchev–Trinajstić information content (AvgIpc) is 1.65. The fourth-order valence-electron chi connectivity index (χ4n) is 0.877. The Hall–Kier alpha value is -0.0800. The summed E-state index contributed by atoms with van der Waals surface area (Å²) in [6.07, 6.45) is 0. The van der Waals surface area contributed by atoms with Crippen molar-refractivity contribution in [3.05, 3.63) is 0 Å². The van der Waals surface area contributed by atoms with Gasteiger partial charge in [-0.1, -0.05) is 6.92 Å². The summed E-state index contributed by atoms with van der Waals surface area (Å²) < 4.78 is 0. The highest BCUT2D eigenvalue weighted by atomic mass is 15.2. The maximum atomic E-state index is 5.50. The molecule has 0 aliphatic heterocycles. The number of hydrogen-bond donors (Lipinski definition) is 1. The molecular formula is C7H18N2. The minimum absolute atomic E-state index is 0.226. The van der Waals surface area contributed by atoms with Crippen molar-refractivity contribution in [2.24, 2.45) is 5.73 Å². The maximum Gasteiger partial charge on any atom is 0.0460 e. The molecule has 0 aliphatic rings. The van der Waals surface area contributed by atoms with Gasteiger partial charge in [-0.05, 0) is 27.3 Å². The molecule has 0 unspecified atom stereocenters. The predicted octanol–water partition coefficient (Wildman–Crippen LogP) is 1.02. The van der Waals surface area contributed by atoms with Crippen molar-refractivity contribution in [3.63, 3.8) is 0 Å². The molecule has 0 amide bonds. The first-order valence-electron chi connectivity index (χ1n) is 3.47. The standard InChI is InChI=1S/C7H18N2/c1-5-9(6-8)7(2,3)4/h5-6,8H2,1-4H3. The minimum atomic E-state index is 0.226. The van der Waals surface area contributed by atoms with E-state index in [1.165, 1.54) is 0 Å². The van der Waals surface area contributed by atoms with E-state index in [0.717, 1.165) is 6.54 Å². The van der Waals surface area contributed by atoms with Gasteiger partial charge in [-0.2, -0.15) is 0 Å². The van der Waals surface area contributed by atoms with Crippen molar-refractivity contribution in [1.29, 1.82) is 0 Å². The molecule has 2 N–H and O–H groups in total. The van der Waals surface area contributed by atoms with Gasteiger partial charge in [0.15, 0.2) is 0 Å². The largest absolute Gasteiger partial charge is 0.318 e. The van der Waals surface area contributed by atoms with Gasteiger partial charge in [0.1, 0.15) is 0 Å². The SMILES string of the molecule is CCN(CN)C(C)(C)C. The third kappa shape index (κ3) is 2.82. The summed E-state index contributed by atoms with van der Waals surface area (Å²) in [5.74, 6) is 0. The van der Waals surface area contributed by atoms with Crippen LogP contribution in [0.5, 0.6) is 0 Å². The quantitative estimate of drug-likeness (QED) is 0.565. The van der Waals surface area contributed by atoms with Crippen LogP contribution >= 0.6 is 0 Å². The highest BCUT2D eigenvalue weighted by molar-refractivity contribution is 4.72. The molecule has 0 fully saturated rings. The smallest absolute Gasteiger partial charge is 0.0460 e. The molecule has 2 heteroatoms. The van der Waals surface area contributed by atoms with Crippen molar-refractivity contribution >= 4 is 0 Å². The Balaban J connectivity index is 3.79. The Morgan fingerprint density at radius 2 is 1.78 bits per heavy atom. The van der Waals surface area contributed by atoms with Crippen LogP contribution in [0.1, 0.15) is 27.7 Å². The Bertz CT molecular complexity index is 69.5. The lowest BCUT2D eigenvalue weighted by Crippen LogP contribution is -2.44. The monoisotopic (exact) mass is 130 g/mol. The zero-order chi connectivity index (χ0) is 7.49. The second kappa shape index (κ2) is 3.18. The zero-order valence-electron chi connectivity index (χ0n) is 6.94. The molecule has 56 valence electrons. The molecule has 0 rings (SSSR count). The van der Waals surface area contributed by atoms with E-state index < -0.39 is 0 Å². The summed E-state index contributed by atoms with van der Waals surface area (Å²) in [5.41, 5.74) is 5.72. The lowest BCUT2D eigenvalue weighted by Gasteiger charge is -2.33. The van der Waals surface area contributed by atoms with Crippen LogP contribution < -0.4 is 5.73 Å². The van der Waals surface area contributed by atoms with Gasteiger partial charge in [-0.3, -0.25) is 4.90 Å². The zero-order valence-corrected chi connectivity index (χ0v) is 6.94. The summed E-state index contributed by atoms with van der Waals surface area (Å²) in [7, 11) is 0. The van der Waals surface area contributed by atoms with E-state index in [4.69, 9.17) is 5.73 Å². The lowest BCUT2D eigenvalue weighted by molar-refractivity contribution is 0.149. The Morgan fingerprint density at radius 3 is 1.78 bits per heavy atom. The van der Waals surface area contributed by atoms with E-state index in [0.29, 0.717) is 6.67 Å². The Labute approximate surface area is 58.0 Å². The molecule has 2 nitrogen and oxygen atoms in total. The van der Waals surface area contributed by atoms with E-state index in [-0.39, 0.29) is 5.54 Å². The molecular weight excluding hydrogens is 112 g/mol. The molecule has 0 heterocycles. The van der Waals surface area contributed by atoms with Gasteiger partial charge in [0.25, 0.3) is 0 Å². The molecule has 0 saturated carbocycles. The van der Waals surface area contributed by atoms with E-state index in [1.807, 2.05) is 0 Å². The number of rotatable bonds is 2. The van der Waals surface area contributed by atoms with Crippen molar-refractivity contribution in [3.8, 4) is 0 Å². The minimum Gasteiger partial charge on any atom is -0.318 e. The van der Waals surface area contributed by atoms with Crippen LogP contribution in [0.4, 0.5) is 0 Å². The van der Waals surface area contributed by atoms with Crippen LogP contribution in [0.2, 0.25) is 0 Å². The summed E-state index contributed by atoms with van der Waals surface area (Å²) in [6, 6.07) is 0. The first kappa shape index (κ1) is 8.92. The van der Waals surface area contributed by atoms with Gasteiger partial charge in [0.05, 0.1) is 0 Å². The third-order valence-corrected chi connectivity index (χ3v) is 1.55. The first-order valence-corrected chi connectivity index (χ1v) is 3.47. The molecule has 0 aromatic carbocycles. The van der Waals surface area contributed by atoms with Crippen LogP contribution in [0.15, 0.2) is 0 Å². The summed E-state index contributed by atoms with van der Waals surface area (Å²) >= 11 is 0. The summed E-state index contributed by atoms with van der Waals surface area (Å²) in [4.78, 5) is 2.22. The second-order valence-electron chi connectivity index (χ2n) is 3.21. The normalized spacial score (nSPS) is 12.7. The van der Waals surface area contributed by atoms with E-state index >= 15 is 0 Å². The molecule has 0 aromatic rings. The first-order chi connectivity index (χ1) is 4.02. The fourth-order valence-corrected chi connectivity index (χ4v) is 0.877. The van der Waals surface area contributed by atoms with E-state index in [9.17, 15) is 0 Å². The predicted molar refractivity (Wildman–Crippen MR) is 41.2 cm³/mol. The highest BCUT2D eigenvalue weighted by Gasteiger charge is 2.16. The van der Waals surface area contributed by atoms with Crippen LogP contribution in [0, 0.1) is 0 Å². The summed E-state index contributed by atoms with van der Waals surface area (Å²) in [5, 5.41) is 0. The summed E-state index contributed by atoms with van der Waals surface area (Å²) in [6.45, 7) is 10.3. The van der Waals surface area contributed by atoms with Crippen LogP contribution in [-0.2, 0) is 0 Å². The average molecular weight is 130 g/mol. The van der Waals surface area contributed by atoms with Crippen molar-refractivity contribution in [2.75, 3.05) is 13.2 Å². The molecule has 0 saturated heterocycles.